The van der Waals surface area contributed by atoms with E-state index in [9.17, 15) is 9.59 Å². The lowest BCUT2D eigenvalue weighted by molar-refractivity contribution is -0.0327. The lowest BCUT2D eigenvalue weighted by Crippen LogP contribution is -2.35. The van der Waals surface area contributed by atoms with Crippen molar-refractivity contribution < 1.29 is 23.8 Å². The summed E-state index contributed by atoms with van der Waals surface area (Å²) in [6.45, 7) is 1.92. The van der Waals surface area contributed by atoms with Crippen molar-refractivity contribution in [1.82, 2.24) is 0 Å². The summed E-state index contributed by atoms with van der Waals surface area (Å²) in [5, 5.41) is -0.281. The highest BCUT2D eigenvalue weighted by Crippen LogP contribution is 2.33. The molecule has 1 aliphatic rings. The average molecular weight is 419 g/mol. The molecule has 26 heavy (non-hydrogen) atoms. The van der Waals surface area contributed by atoms with E-state index in [-0.39, 0.29) is 17.5 Å². The zero-order valence-corrected chi connectivity index (χ0v) is 15.8. The summed E-state index contributed by atoms with van der Waals surface area (Å²) >= 11 is 3.43. The minimum atomic E-state index is -0.533. The first-order chi connectivity index (χ1) is 12.6. The van der Waals surface area contributed by atoms with Crippen molar-refractivity contribution in [2.75, 3.05) is 6.61 Å². The molecule has 0 aromatic heterocycles. The summed E-state index contributed by atoms with van der Waals surface area (Å²) in [7, 11) is 0. The Morgan fingerprint density at radius 3 is 2.08 bits per heavy atom. The molecular weight excluding hydrogens is 400 g/mol. The SMILES string of the molecule is C[C@H]1[C@H](OC(=O)c2ccccc2)[C@@H](COC(=O)c2ccccc2)O[C@@H]1Br. The highest BCUT2D eigenvalue weighted by Gasteiger charge is 2.44. The molecule has 5 nitrogen and oxygen atoms in total. The molecule has 0 bridgehead atoms. The van der Waals surface area contributed by atoms with Gasteiger partial charge in [-0.15, -0.1) is 0 Å². The fourth-order valence-corrected chi connectivity index (χ4v) is 3.33. The van der Waals surface area contributed by atoms with Crippen LogP contribution in [0.4, 0.5) is 0 Å². The van der Waals surface area contributed by atoms with Crippen LogP contribution in [0.25, 0.3) is 0 Å². The first kappa shape index (κ1) is 18.6. The van der Waals surface area contributed by atoms with E-state index in [2.05, 4.69) is 15.9 Å². The molecule has 0 amide bonds. The molecule has 1 aliphatic heterocycles. The second-order valence-electron chi connectivity index (χ2n) is 6.09. The number of carbonyl (C=O) groups excluding carboxylic acids is 2. The number of ether oxygens (including phenoxy) is 3. The molecule has 6 heteroatoms. The van der Waals surface area contributed by atoms with Crippen LogP contribution in [0.2, 0.25) is 0 Å². The summed E-state index contributed by atoms with van der Waals surface area (Å²) in [4.78, 5) is 24.5. The van der Waals surface area contributed by atoms with Gasteiger partial charge in [-0.3, -0.25) is 0 Å². The predicted octanol–water partition coefficient (Wildman–Crippen LogP) is 3.82. The molecule has 2 aromatic carbocycles. The Labute approximate surface area is 160 Å². The molecule has 0 aliphatic carbocycles. The Morgan fingerprint density at radius 1 is 0.962 bits per heavy atom. The lowest BCUT2D eigenvalue weighted by atomic mass is 10.0. The fourth-order valence-electron chi connectivity index (χ4n) is 2.75. The second kappa shape index (κ2) is 8.47. The Bertz CT molecular complexity index is 749. The van der Waals surface area contributed by atoms with E-state index >= 15 is 0 Å². The molecular formula is C20H19BrO5. The van der Waals surface area contributed by atoms with Crippen molar-refractivity contribution in [3.8, 4) is 0 Å². The zero-order chi connectivity index (χ0) is 18.5. The standard InChI is InChI=1S/C20H19BrO5/c1-13-17(26-20(23)15-10-6-3-7-11-15)16(25-18(13)21)12-24-19(22)14-8-4-2-5-9-14/h2-11,13,16-18H,12H2,1H3/t13-,16+,17-,18-/m0/s1. The van der Waals surface area contributed by atoms with E-state index in [1.807, 2.05) is 19.1 Å². The third-order valence-corrected chi connectivity index (χ3v) is 5.29. The molecule has 0 saturated carbocycles. The second-order valence-corrected chi connectivity index (χ2v) is 6.99. The molecule has 2 aromatic rings. The van der Waals surface area contributed by atoms with Crippen molar-refractivity contribution in [3.05, 3.63) is 71.8 Å². The maximum atomic E-state index is 12.4. The van der Waals surface area contributed by atoms with E-state index in [1.165, 1.54) is 0 Å². The molecule has 0 N–H and O–H groups in total. The van der Waals surface area contributed by atoms with Gasteiger partial charge in [0.1, 0.15) is 23.8 Å². The predicted molar refractivity (Wildman–Crippen MR) is 99.1 cm³/mol. The normalized spacial score (nSPS) is 24.8. The number of esters is 2. The number of carbonyl (C=O) groups is 2. The summed E-state index contributed by atoms with van der Waals surface area (Å²) in [6, 6.07) is 17.5. The van der Waals surface area contributed by atoms with E-state index in [1.54, 1.807) is 48.5 Å². The third kappa shape index (κ3) is 4.31. The van der Waals surface area contributed by atoms with Gasteiger partial charge in [-0.2, -0.15) is 0 Å². The van der Waals surface area contributed by atoms with Crippen molar-refractivity contribution in [3.63, 3.8) is 0 Å². The van der Waals surface area contributed by atoms with E-state index < -0.39 is 24.1 Å². The minimum Gasteiger partial charge on any atom is -0.459 e. The van der Waals surface area contributed by atoms with Gasteiger partial charge in [-0.05, 0) is 24.3 Å². The molecule has 0 unspecified atom stereocenters. The van der Waals surface area contributed by atoms with Crippen LogP contribution in [-0.4, -0.2) is 35.8 Å². The highest BCUT2D eigenvalue weighted by atomic mass is 79.9. The Balaban J connectivity index is 1.63. The van der Waals surface area contributed by atoms with E-state index in [4.69, 9.17) is 14.2 Å². The number of halogens is 1. The molecule has 0 radical (unpaired) electrons. The number of alkyl halides is 1. The van der Waals surface area contributed by atoms with Gasteiger partial charge in [0.2, 0.25) is 0 Å². The van der Waals surface area contributed by atoms with Crippen LogP contribution in [0.3, 0.4) is 0 Å². The Hall–Kier alpha value is -2.18. The van der Waals surface area contributed by atoms with Gasteiger partial charge in [0, 0.05) is 5.92 Å². The van der Waals surface area contributed by atoms with Crippen LogP contribution >= 0.6 is 15.9 Å². The Morgan fingerprint density at radius 2 is 1.50 bits per heavy atom. The summed E-state index contributed by atoms with van der Waals surface area (Å²) in [5.41, 5.74) is 0.935. The molecule has 1 saturated heterocycles. The van der Waals surface area contributed by atoms with Crippen molar-refractivity contribution in [1.29, 1.82) is 0 Å². The summed E-state index contributed by atoms with van der Waals surface area (Å²) in [6.07, 6.45) is -1.05. The molecule has 3 rings (SSSR count). The zero-order valence-electron chi connectivity index (χ0n) is 14.2. The van der Waals surface area contributed by atoms with Gasteiger partial charge in [0.05, 0.1) is 11.1 Å². The lowest BCUT2D eigenvalue weighted by Gasteiger charge is -2.21. The molecule has 4 atom stereocenters. The van der Waals surface area contributed by atoms with Crippen LogP contribution in [0, 0.1) is 5.92 Å². The number of hydrogen-bond acceptors (Lipinski definition) is 5. The third-order valence-electron chi connectivity index (χ3n) is 4.24. The molecule has 136 valence electrons. The van der Waals surface area contributed by atoms with Gasteiger partial charge in [0.25, 0.3) is 0 Å². The van der Waals surface area contributed by atoms with Crippen LogP contribution in [0.15, 0.2) is 60.7 Å². The van der Waals surface area contributed by atoms with Crippen molar-refractivity contribution >= 4 is 27.9 Å². The van der Waals surface area contributed by atoms with E-state index in [0.717, 1.165) is 0 Å². The van der Waals surface area contributed by atoms with Gasteiger partial charge < -0.3 is 14.2 Å². The van der Waals surface area contributed by atoms with Crippen LogP contribution in [0.5, 0.6) is 0 Å². The monoisotopic (exact) mass is 418 g/mol. The van der Waals surface area contributed by atoms with Gasteiger partial charge in [-0.25, -0.2) is 9.59 Å². The van der Waals surface area contributed by atoms with Gasteiger partial charge in [-0.1, -0.05) is 59.3 Å². The van der Waals surface area contributed by atoms with Crippen LogP contribution in [0.1, 0.15) is 27.6 Å². The van der Waals surface area contributed by atoms with Crippen LogP contribution in [-0.2, 0) is 14.2 Å². The summed E-state index contributed by atoms with van der Waals surface area (Å²) in [5.74, 6) is -0.942. The topological polar surface area (TPSA) is 61.8 Å². The number of benzene rings is 2. The number of rotatable bonds is 5. The Kier molecular flexibility index (Phi) is 6.06. The largest absolute Gasteiger partial charge is 0.459 e. The fraction of sp³-hybridized carbons (Fsp3) is 0.300. The smallest absolute Gasteiger partial charge is 0.338 e. The highest BCUT2D eigenvalue weighted by molar-refractivity contribution is 9.09. The van der Waals surface area contributed by atoms with Crippen molar-refractivity contribution in [2.45, 2.75) is 24.1 Å². The first-order valence-corrected chi connectivity index (χ1v) is 9.25. The number of hydrogen-bond donors (Lipinski definition) is 0. The minimum absolute atomic E-state index is 0.00685. The van der Waals surface area contributed by atoms with Gasteiger partial charge >= 0.3 is 11.9 Å². The van der Waals surface area contributed by atoms with Crippen LogP contribution < -0.4 is 0 Å². The maximum Gasteiger partial charge on any atom is 0.338 e. The molecule has 1 fully saturated rings. The maximum absolute atomic E-state index is 12.4. The first-order valence-electron chi connectivity index (χ1n) is 8.34. The van der Waals surface area contributed by atoms with Gasteiger partial charge in [0.15, 0.2) is 0 Å². The quantitative estimate of drug-likeness (QED) is 0.545. The van der Waals surface area contributed by atoms with E-state index in [0.29, 0.717) is 11.1 Å². The summed E-state index contributed by atoms with van der Waals surface area (Å²) < 4.78 is 16.8. The average Bonchev–Trinajstić information content (AvgIpc) is 2.95. The van der Waals surface area contributed by atoms with Crippen molar-refractivity contribution in [2.24, 2.45) is 5.92 Å². The molecule has 0 spiro atoms. The molecule has 1 heterocycles.